The number of ether oxygens (including phenoxy) is 1. The van der Waals surface area contributed by atoms with Gasteiger partial charge in [0.15, 0.2) is 5.69 Å². The van der Waals surface area contributed by atoms with Crippen molar-refractivity contribution < 1.29 is 24.8 Å². The minimum atomic E-state index is -1.18. The van der Waals surface area contributed by atoms with Crippen LogP contribution in [-0.2, 0) is 14.3 Å². The molecule has 0 aromatic heterocycles. The first-order chi connectivity index (χ1) is 8.49. The van der Waals surface area contributed by atoms with Crippen LogP contribution in [0.2, 0.25) is 0 Å². The average molecular weight is 253 g/mol. The summed E-state index contributed by atoms with van der Waals surface area (Å²) < 4.78 is 4.80. The lowest BCUT2D eigenvalue weighted by atomic mass is 9.94. The molecule has 0 spiro atoms. The highest BCUT2D eigenvalue weighted by Crippen LogP contribution is 2.24. The maximum absolute atomic E-state index is 11.7. The third kappa shape index (κ3) is 3.13. The van der Waals surface area contributed by atoms with Crippen molar-refractivity contribution in [3.63, 3.8) is 0 Å². The Bertz CT molecular complexity index is 444. The molecule has 1 rings (SSSR count). The van der Waals surface area contributed by atoms with Gasteiger partial charge in [-0.1, -0.05) is 18.2 Å². The van der Waals surface area contributed by atoms with Crippen molar-refractivity contribution in [3.8, 4) is 0 Å². The Morgan fingerprint density at radius 2 is 2.06 bits per heavy atom. The van der Waals surface area contributed by atoms with Gasteiger partial charge in [0, 0.05) is 11.6 Å². The lowest BCUT2D eigenvalue weighted by Gasteiger charge is -2.19. The molecule has 6 nitrogen and oxygen atoms in total. The normalized spacial score (nSPS) is 13.8. The summed E-state index contributed by atoms with van der Waals surface area (Å²) >= 11 is 0. The minimum absolute atomic E-state index is 0.0641. The predicted molar refractivity (Wildman–Crippen MR) is 62.3 cm³/mol. The van der Waals surface area contributed by atoms with E-state index in [0.29, 0.717) is 0 Å². The van der Waals surface area contributed by atoms with E-state index in [2.05, 4.69) is 0 Å². The van der Waals surface area contributed by atoms with Gasteiger partial charge in [-0.15, -0.1) is 0 Å². The fourth-order valence-corrected chi connectivity index (χ4v) is 1.68. The molecule has 0 aliphatic carbocycles. The molecule has 98 valence electrons. The SMILES string of the molecule is CCOC(=O)[C@@H](C(C)=O)c1ccccc1[NH+]([O-])O. The van der Waals surface area contributed by atoms with E-state index in [-0.39, 0.29) is 17.9 Å². The number of para-hydroxylation sites is 1. The zero-order valence-electron chi connectivity index (χ0n) is 10.2. The predicted octanol–water partition coefficient (Wildman–Crippen LogP) is 0.326. The third-order valence-corrected chi connectivity index (χ3v) is 2.43. The molecule has 1 unspecified atom stereocenters. The summed E-state index contributed by atoms with van der Waals surface area (Å²) in [5, 5.41) is 18.9. The summed E-state index contributed by atoms with van der Waals surface area (Å²) in [5.41, 5.74) is 0.0988. The molecule has 1 aromatic carbocycles. The highest BCUT2D eigenvalue weighted by molar-refractivity contribution is 6.04. The van der Waals surface area contributed by atoms with Gasteiger partial charge in [0.1, 0.15) is 11.7 Å². The van der Waals surface area contributed by atoms with Crippen molar-refractivity contribution in [2.45, 2.75) is 19.8 Å². The van der Waals surface area contributed by atoms with E-state index in [4.69, 9.17) is 9.94 Å². The molecule has 1 aromatic rings. The van der Waals surface area contributed by atoms with Gasteiger partial charge in [-0.2, -0.15) is 5.23 Å². The fourth-order valence-electron chi connectivity index (χ4n) is 1.68. The van der Waals surface area contributed by atoms with Gasteiger partial charge in [0.2, 0.25) is 0 Å². The van der Waals surface area contributed by atoms with Crippen LogP contribution in [0.5, 0.6) is 0 Å². The number of ketones is 1. The molecule has 0 bridgehead atoms. The first-order valence-electron chi connectivity index (χ1n) is 5.48. The van der Waals surface area contributed by atoms with Crippen molar-refractivity contribution in [1.82, 2.24) is 0 Å². The Kier molecular flexibility index (Phi) is 4.96. The van der Waals surface area contributed by atoms with Crippen molar-refractivity contribution >= 4 is 17.4 Å². The smallest absolute Gasteiger partial charge is 0.321 e. The number of benzene rings is 1. The topological polar surface area (TPSA) is 91.1 Å². The molecule has 0 aliphatic heterocycles. The van der Waals surface area contributed by atoms with Gasteiger partial charge in [-0.25, -0.2) is 5.21 Å². The summed E-state index contributed by atoms with van der Waals surface area (Å²) in [6.07, 6.45) is 0. The summed E-state index contributed by atoms with van der Waals surface area (Å²) in [6, 6.07) is 5.92. The van der Waals surface area contributed by atoms with Crippen LogP contribution in [0.15, 0.2) is 24.3 Å². The van der Waals surface area contributed by atoms with Crippen LogP contribution in [0.1, 0.15) is 25.3 Å². The summed E-state index contributed by atoms with van der Waals surface area (Å²) in [4.78, 5) is 23.3. The van der Waals surface area contributed by atoms with Crippen LogP contribution in [0.25, 0.3) is 0 Å². The third-order valence-electron chi connectivity index (χ3n) is 2.43. The number of Topliss-reactive ketones (excluding diaryl/α,β-unsaturated/α-hetero) is 1. The number of quaternary nitrogens is 1. The standard InChI is InChI=1S/C12H15NO5/c1-3-18-12(15)11(8(2)14)9-6-4-5-7-10(9)13(16)17/h4-7,11,13,16H,3H2,1-2H3/t11-/m0/s1. The van der Waals surface area contributed by atoms with E-state index in [1.165, 1.54) is 25.1 Å². The Labute approximate surface area is 104 Å². The largest absolute Gasteiger partial charge is 0.595 e. The highest BCUT2D eigenvalue weighted by atomic mass is 16.8. The maximum atomic E-state index is 11.7. The van der Waals surface area contributed by atoms with E-state index in [0.717, 1.165) is 0 Å². The molecular formula is C12H15NO5. The van der Waals surface area contributed by atoms with Gasteiger partial charge < -0.3 is 9.94 Å². The molecule has 0 fully saturated rings. The summed E-state index contributed by atoms with van der Waals surface area (Å²) in [7, 11) is 0. The van der Waals surface area contributed by atoms with E-state index in [1.54, 1.807) is 13.0 Å². The van der Waals surface area contributed by atoms with Crippen LogP contribution >= 0.6 is 0 Å². The second-order valence-electron chi connectivity index (χ2n) is 3.69. The number of nitrogens with one attached hydrogen (secondary N) is 1. The molecule has 18 heavy (non-hydrogen) atoms. The fraction of sp³-hybridized carbons (Fsp3) is 0.333. The van der Waals surface area contributed by atoms with Gasteiger partial charge in [-0.05, 0) is 13.8 Å². The Balaban J connectivity index is 3.22. The van der Waals surface area contributed by atoms with Gasteiger partial charge in [-0.3, -0.25) is 9.59 Å². The second kappa shape index (κ2) is 6.25. The number of hydrogen-bond donors (Lipinski definition) is 2. The molecule has 0 heterocycles. The molecule has 6 heteroatoms. The highest BCUT2D eigenvalue weighted by Gasteiger charge is 2.30. The van der Waals surface area contributed by atoms with Gasteiger partial charge in [0.05, 0.1) is 6.61 Å². The average Bonchev–Trinajstić information content (AvgIpc) is 2.29. The minimum Gasteiger partial charge on any atom is -0.595 e. The first kappa shape index (κ1) is 14.3. The lowest BCUT2D eigenvalue weighted by Crippen LogP contribution is -2.99. The monoisotopic (exact) mass is 253 g/mol. The van der Waals surface area contributed by atoms with Crippen molar-refractivity contribution in [3.05, 3.63) is 35.0 Å². The molecule has 0 amide bonds. The second-order valence-corrected chi connectivity index (χ2v) is 3.69. The van der Waals surface area contributed by atoms with Crippen molar-refractivity contribution in [2.75, 3.05) is 6.61 Å². The zero-order chi connectivity index (χ0) is 13.7. The quantitative estimate of drug-likeness (QED) is 0.448. The molecule has 0 saturated carbocycles. The maximum Gasteiger partial charge on any atom is 0.321 e. The van der Waals surface area contributed by atoms with Gasteiger partial charge in [0.25, 0.3) is 0 Å². The molecule has 0 saturated heterocycles. The number of rotatable bonds is 5. The number of esters is 1. The molecule has 0 aliphatic rings. The Hall–Kier alpha value is -1.76. The Morgan fingerprint density at radius 1 is 1.44 bits per heavy atom. The van der Waals surface area contributed by atoms with E-state index < -0.39 is 22.9 Å². The van der Waals surface area contributed by atoms with Gasteiger partial charge >= 0.3 is 5.97 Å². The zero-order valence-corrected chi connectivity index (χ0v) is 10.2. The number of hydrogen-bond acceptors (Lipinski definition) is 5. The molecule has 2 N–H and O–H groups in total. The van der Waals surface area contributed by atoms with Crippen LogP contribution in [0.4, 0.5) is 5.69 Å². The van der Waals surface area contributed by atoms with Crippen LogP contribution < -0.4 is 5.23 Å². The number of carbonyl (C=O) groups excluding carboxylic acids is 2. The number of carbonyl (C=O) groups is 2. The van der Waals surface area contributed by atoms with Crippen molar-refractivity contribution in [1.29, 1.82) is 0 Å². The first-order valence-corrected chi connectivity index (χ1v) is 5.48. The van der Waals surface area contributed by atoms with E-state index >= 15 is 0 Å². The van der Waals surface area contributed by atoms with Crippen LogP contribution in [-0.4, -0.2) is 23.6 Å². The lowest BCUT2D eigenvalue weighted by molar-refractivity contribution is -0.991. The van der Waals surface area contributed by atoms with E-state index in [1.807, 2.05) is 0 Å². The molecule has 2 atom stereocenters. The van der Waals surface area contributed by atoms with Crippen LogP contribution in [0, 0.1) is 5.21 Å². The summed E-state index contributed by atoms with van der Waals surface area (Å²) in [6.45, 7) is 3.00. The van der Waals surface area contributed by atoms with Crippen LogP contribution in [0.3, 0.4) is 0 Å². The van der Waals surface area contributed by atoms with E-state index in [9.17, 15) is 14.8 Å². The molecule has 0 radical (unpaired) electrons. The molecular weight excluding hydrogens is 238 g/mol. The Morgan fingerprint density at radius 3 is 2.56 bits per heavy atom. The van der Waals surface area contributed by atoms with Crippen molar-refractivity contribution in [2.24, 2.45) is 0 Å². The summed E-state index contributed by atoms with van der Waals surface area (Å²) in [5.74, 6) is -2.35.